The highest BCUT2D eigenvalue weighted by atomic mass is 32.2. The van der Waals surface area contributed by atoms with Gasteiger partial charge >= 0.3 is 0 Å². The molecule has 21 heavy (non-hydrogen) atoms. The van der Waals surface area contributed by atoms with Gasteiger partial charge in [0.25, 0.3) is 0 Å². The maximum absolute atomic E-state index is 12.3. The van der Waals surface area contributed by atoms with Crippen LogP contribution >= 0.6 is 0 Å². The predicted molar refractivity (Wildman–Crippen MR) is 82.3 cm³/mol. The van der Waals surface area contributed by atoms with E-state index in [1.807, 2.05) is 32.0 Å². The van der Waals surface area contributed by atoms with Crippen LogP contribution in [0.4, 0.5) is 0 Å². The Bertz CT molecular complexity index is 525. The van der Waals surface area contributed by atoms with E-state index in [0.717, 1.165) is 25.1 Å². The van der Waals surface area contributed by atoms with Crippen LogP contribution in [0.2, 0.25) is 0 Å². The molecule has 118 valence electrons. The van der Waals surface area contributed by atoms with Gasteiger partial charge in [0.2, 0.25) is 10.0 Å². The first-order chi connectivity index (χ1) is 9.98. The van der Waals surface area contributed by atoms with E-state index in [1.165, 1.54) is 0 Å². The number of ether oxygens (including phenoxy) is 1. The highest BCUT2D eigenvalue weighted by molar-refractivity contribution is 7.89. The minimum absolute atomic E-state index is 0.0916. The Labute approximate surface area is 127 Å². The third kappa shape index (κ3) is 5.05. The molecule has 1 aliphatic rings. The van der Waals surface area contributed by atoms with Crippen molar-refractivity contribution in [2.75, 3.05) is 12.4 Å². The molecular weight excluding hydrogens is 288 g/mol. The van der Waals surface area contributed by atoms with Crippen molar-refractivity contribution in [3.05, 3.63) is 30.1 Å². The van der Waals surface area contributed by atoms with Crippen molar-refractivity contribution in [3.8, 4) is 0 Å². The van der Waals surface area contributed by atoms with Crippen LogP contribution in [0.5, 0.6) is 0 Å². The summed E-state index contributed by atoms with van der Waals surface area (Å²) in [5, 5.41) is 0. The standard InChI is InChI=1S/C15H24N2O3S/c1-12(2)15(14-7-3-4-9-16-14)17-21(18,19)11-8-13-6-5-10-20-13/h3-4,7,9,12-13,15,17H,5-6,8,10-11H2,1-2H3. The summed E-state index contributed by atoms with van der Waals surface area (Å²) in [4.78, 5) is 4.27. The van der Waals surface area contributed by atoms with Crippen LogP contribution in [0.25, 0.3) is 0 Å². The fourth-order valence-electron chi connectivity index (χ4n) is 2.51. The van der Waals surface area contributed by atoms with Crippen LogP contribution in [0.3, 0.4) is 0 Å². The van der Waals surface area contributed by atoms with E-state index in [1.54, 1.807) is 6.20 Å². The van der Waals surface area contributed by atoms with Gasteiger partial charge in [-0.2, -0.15) is 0 Å². The summed E-state index contributed by atoms with van der Waals surface area (Å²) < 4.78 is 32.8. The number of hydrogen-bond donors (Lipinski definition) is 1. The second-order valence-electron chi connectivity index (χ2n) is 5.84. The van der Waals surface area contributed by atoms with E-state index in [2.05, 4.69) is 9.71 Å². The maximum atomic E-state index is 12.3. The van der Waals surface area contributed by atoms with Crippen molar-refractivity contribution in [1.29, 1.82) is 0 Å². The Kier molecular flexibility index (Phi) is 5.72. The Balaban J connectivity index is 1.98. The third-order valence-corrected chi connectivity index (χ3v) is 5.10. The zero-order valence-corrected chi connectivity index (χ0v) is 13.5. The van der Waals surface area contributed by atoms with Crippen LogP contribution in [0.15, 0.2) is 24.4 Å². The van der Waals surface area contributed by atoms with E-state index < -0.39 is 10.0 Å². The molecule has 0 amide bonds. The average molecular weight is 312 g/mol. The Morgan fingerprint density at radius 1 is 1.43 bits per heavy atom. The summed E-state index contributed by atoms with van der Waals surface area (Å²) in [7, 11) is -3.33. The smallest absolute Gasteiger partial charge is 0.212 e. The number of sulfonamides is 1. The monoisotopic (exact) mass is 312 g/mol. The molecule has 0 spiro atoms. The third-order valence-electron chi connectivity index (χ3n) is 3.71. The first kappa shape index (κ1) is 16.4. The predicted octanol–water partition coefficient (Wildman–Crippen LogP) is 2.27. The summed E-state index contributed by atoms with van der Waals surface area (Å²) in [6.45, 7) is 4.73. The molecule has 0 radical (unpaired) electrons. The van der Waals surface area contributed by atoms with Gasteiger partial charge in [-0.1, -0.05) is 19.9 Å². The van der Waals surface area contributed by atoms with Gasteiger partial charge in [0.05, 0.1) is 23.6 Å². The largest absolute Gasteiger partial charge is 0.378 e. The summed E-state index contributed by atoms with van der Waals surface area (Å²) >= 11 is 0. The van der Waals surface area contributed by atoms with Crippen LogP contribution in [0.1, 0.15) is 44.8 Å². The average Bonchev–Trinajstić information content (AvgIpc) is 2.97. The molecule has 6 heteroatoms. The Morgan fingerprint density at radius 3 is 2.81 bits per heavy atom. The molecule has 0 saturated carbocycles. The fraction of sp³-hybridized carbons (Fsp3) is 0.667. The van der Waals surface area contributed by atoms with Gasteiger partial charge in [-0.3, -0.25) is 4.98 Å². The van der Waals surface area contributed by atoms with E-state index >= 15 is 0 Å². The SMILES string of the molecule is CC(C)C(NS(=O)(=O)CCC1CCCO1)c1ccccn1. The lowest BCUT2D eigenvalue weighted by molar-refractivity contribution is 0.108. The second kappa shape index (κ2) is 7.33. The summed E-state index contributed by atoms with van der Waals surface area (Å²) in [5.41, 5.74) is 0.758. The molecule has 2 heterocycles. The number of aromatic nitrogens is 1. The highest BCUT2D eigenvalue weighted by Gasteiger charge is 2.25. The van der Waals surface area contributed by atoms with E-state index in [-0.39, 0.29) is 23.8 Å². The second-order valence-corrected chi connectivity index (χ2v) is 7.71. The minimum Gasteiger partial charge on any atom is -0.378 e. The van der Waals surface area contributed by atoms with E-state index in [0.29, 0.717) is 6.42 Å². The van der Waals surface area contributed by atoms with Crippen molar-refractivity contribution >= 4 is 10.0 Å². The summed E-state index contributed by atoms with van der Waals surface area (Å²) in [5.74, 6) is 0.241. The molecule has 1 aliphatic heterocycles. The molecule has 2 rings (SSSR count). The van der Waals surface area contributed by atoms with Gasteiger partial charge in [0, 0.05) is 12.8 Å². The minimum atomic E-state index is -3.33. The Morgan fingerprint density at radius 2 is 2.24 bits per heavy atom. The van der Waals surface area contributed by atoms with E-state index in [9.17, 15) is 8.42 Å². The van der Waals surface area contributed by atoms with Gasteiger partial charge in [-0.25, -0.2) is 13.1 Å². The number of nitrogens with zero attached hydrogens (tertiary/aromatic N) is 1. The van der Waals surface area contributed by atoms with Crippen molar-refractivity contribution < 1.29 is 13.2 Å². The topological polar surface area (TPSA) is 68.3 Å². The first-order valence-electron chi connectivity index (χ1n) is 7.50. The van der Waals surface area contributed by atoms with Crippen LogP contribution in [0, 0.1) is 5.92 Å². The lowest BCUT2D eigenvalue weighted by atomic mass is 10.0. The molecule has 1 saturated heterocycles. The van der Waals surface area contributed by atoms with Crippen LogP contribution in [-0.2, 0) is 14.8 Å². The zero-order chi connectivity index (χ0) is 15.3. The molecule has 1 fully saturated rings. The number of hydrogen-bond acceptors (Lipinski definition) is 4. The molecule has 0 bridgehead atoms. The molecule has 1 N–H and O–H groups in total. The van der Waals surface area contributed by atoms with Gasteiger partial charge in [0.1, 0.15) is 0 Å². The highest BCUT2D eigenvalue weighted by Crippen LogP contribution is 2.21. The lowest BCUT2D eigenvalue weighted by Gasteiger charge is -2.22. The molecule has 2 atom stereocenters. The molecule has 1 aromatic rings. The van der Waals surface area contributed by atoms with Crippen molar-refractivity contribution in [1.82, 2.24) is 9.71 Å². The van der Waals surface area contributed by atoms with Crippen molar-refractivity contribution in [2.45, 2.75) is 45.3 Å². The normalized spacial score (nSPS) is 20.8. The van der Waals surface area contributed by atoms with Gasteiger partial charge in [0.15, 0.2) is 0 Å². The van der Waals surface area contributed by atoms with Gasteiger partial charge in [-0.15, -0.1) is 0 Å². The molecule has 5 nitrogen and oxygen atoms in total. The number of pyridine rings is 1. The van der Waals surface area contributed by atoms with Crippen molar-refractivity contribution in [3.63, 3.8) is 0 Å². The van der Waals surface area contributed by atoms with Gasteiger partial charge in [-0.05, 0) is 37.3 Å². The number of nitrogens with one attached hydrogen (secondary N) is 1. The zero-order valence-electron chi connectivity index (χ0n) is 12.7. The molecule has 1 aromatic heterocycles. The quantitative estimate of drug-likeness (QED) is 0.838. The molecule has 2 unspecified atom stereocenters. The fourth-order valence-corrected chi connectivity index (χ4v) is 3.98. The molecule has 0 aromatic carbocycles. The maximum Gasteiger partial charge on any atom is 0.212 e. The van der Waals surface area contributed by atoms with Crippen LogP contribution < -0.4 is 4.72 Å². The van der Waals surface area contributed by atoms with E-state index in [4.69, 9.17) is 4.74 Å². The lowest BCUT2D eigenvalue weighted by Crippen LogP contribution is -2.34. The molecular formula is C15H24N2O3S. The number of rotatable bonds is 7. The van der Waals surface area contributed by atoms with Crippen LogP contribution in [-0.4, -0.2) is 31.9 Å². The summed E-state index contributed by atoms with van der Waals surface area (Å²) in [6.07, 6.45) is 4.33. The van der Waals surface area contributed by atoms with Gasteiger partial charge < -0.3 is 4.74 Å². The van der Waals surface area contributed by atoms with Crippen molar-refractivity contribution in [2.24, 2.45) is 5.92 Å². The Hall–Kier alpha value is -0.980. The molecule has 0 aliphatic carbocycles. The first-order valence-corrected chi connectivity index (χ1v) is 9.16. The summed E-state index contributed by atoms with van der Waals surface area (Å²) in [6, 6.07) is 5.26.